The van der Waals surface area contributed by atoms with E-state index in [1.165, 1.54) is 103 Å². The fraction of sp³-hybridized carbons (Fsp3) is 0.818. The van der Waals surface area contributed by atoms with Gasteiger partial charge in [-0.25, -0.2) is 9.59 Å². The second kappa shape index (κ2) is 28.0. The molecular formula is C33H64NO8P. The van der Waals surface area contributed by atoms with Crippen molar-refractivity contribution in [2.24, 2.45) is 0 Å². The normalized spacial score (nSPS) is 12.5. The molecule has 0 aromatic heterocycles. The quantitative estimate of drug-likeness (QED) is 0.0298. The molecule has 0 bridgehead atoms. The molecule has 0 fully saturated rings. The average molecular weight is 634 g/mol. The number of unbranched alkanes of at least 4 members (excludes halogenated alkanes) is 15. The third-order valence-electron chi connectivity index (χ3n) is 6.51. The first kappa shape index (κ1) is 43.6. The van der Waals surface area contributed by atoms with E-state index in [1.807, 2.05) is 21.1 Å². The molecule has 0 aliphatic rings. The summed E-state index contributed by atoms with van der Waals surface area (Å²) in [5.41, 5.74) is 0.732. The van der Waals surface area contributed by atoms with Crippen molar-refractivity contribution in [2.45, 2.75) is 124 Å². The van der Waals surface area contributed by atoms with E-state index < -0.39 is 13.8 Å². The number of phosphoric ester groups is 1. The van der Waals surface area contributed by atoms with Crippen molar-refractivity contribution in [1.29, 1.82) is 0 Å². The Kier molecular flexibility index (Phi) is 28.4. The van der Waals surface area contributed by atoms with Gasteiger partial charge in [0.2, 0.25) is 0 Å². The van der Waals surface area contributed by atoms with Crippen molar-refractivity contribution in [3.8, 4) is 0 Å². The maximum Gasteiger partial charge on any atom is 0.333 e. The Morgan fingerprint density at radius 1 is 0.605 bits per heavy atom. The number of hydrogen-bond donors (Lipinski definition) is 0. The third kappa shape index (κ3) is 34.8. The number of carbonyl (C=O) groups is 2. The Labute approximate surface area is 263 Å². The molecule has 0 rings (SSSR count). The summed E-state index contributed by atoms with van der Waals surface area (Å²) in [5.74, 6) is -0.841. The first-order valence-electron chi connectivity index (χ1n) is 16.3. The van der Waals surface area contributed by atoms with Crippen molar-refractivity contribution in [1.82, 2.24) is 0 Å². The first-order valence-corrected chi connectivity index (χ1v) is 17.7. The van der Waals surface area contributed by atoms with Gasteiger partial charge in [-0.3, -0.25) is 4.57 Å². The molecule has 0 N–H and O–H groups in total. The minimum Gasteiger partial charge on any atom is -0.756 e. The number of nitrogens with zero attached hydrogens (tertiary/aromatic N) is 1. The lowest BCUT2D eigenvalue weighted by molar-refractivity contribution is -0.870. The lowest BCUT2D eigenvalue weighted by Crippen LogP contribution is -2.37. The predicted molar refractivity (Wildman–Crippen MR) is 174 cm³/mol. The molecule has 0 saturated heterocycles. The summed E-state index contributed by atoms with van der Waals surface area (Å²) in [6.45, 7) is 13.1. The Morgan fingerprint density at radius 3 is 1.33 bits per heavy atom. The number of hydrogen-bond acceptors (Lipinski definition) is 8. The Hall–Kier alpha value is -1.51. The van der Waals surface area contributed by atoms with Crippen LogP contribution in [0.4, 0.5) is 0 Å². The highest BCUT2D eigenvalue weighted by atomic mass is 31.2. The molecule has 0 radical (unpaired) electrons. The number of phosphoric acid groups is 1. The standard InChI is InChI=1S/C22H42O2.C11H22NO6P/c1-4-5-6-7-8-9-10-11-12-13-14-15-16-17-18-19-20-24-22(23)21(2)3;1-10(2)11(13)16-8-9-18-19(14,15)17-7-6-12(3,4)5/h2,4-20H2,1,3H3;1,6-9H2,2-5H3. The lowest BCUT2D eigenvalue weighted by atomic mass is 10.0. The molecule has 0 aliphatic heterocycles. The van der Waals surface area contributed by atoms with Crippen LogP contribution in [0.5, 0.6) is 0 Å². The van der Waals surface area contributed by atoms with Crippen molar-refractivity contribution in [2.75, 3.05) is 54.1 Å². The number of rotatable bonds is 27. The summed E-state index contributed by atoms with van der Waals surface area (Å²) < 4.78 is 30.9. The number of carbonyl (C=O) groups excluding carboxylic acids is 2. The van der Waals surface area contributed by atoms with Gasteiger partial charge in [0.25, 0.3) is 7.82 Å². The zero-order chi connectivity index (χ0) is 33.0. The monoisotopic (exact) mass is 633 g/mol. The van der Waals surface area contributed by atoms with Gasteiger partial charge in [-0.2, -0.15) is 0 Å². The van der Waals surface area contributed by atoms with Crippen LogP contribution in [0.25, 0.3) is 0 Å². The van der Waals surface area contributed by atoms with E-state index in [1.54, 1.807) is 6.92 Å². The van der Waals surface area contributed by atoms with Crippen LogP contribution in [0.1, 0.15) is 124 Å². The predicted octanol–water partition coefficient (Wildman–Crippen LogP) is 7.68. The van der Waals surface area contributed by atoms with Crippen LogP contribution in [-0.2, 0) is 32.7 Å². The van der Waals surface area contributed by atoms with Gasteiger partial charge >= 0.3 is 11.9 Å². The summed E-state index contributed by atoms with van der Waals surface area (Å²) in [7, 11) is 1.41. The summed E-state index contributed by atoms with van der Waals surface area (Å²) in [6, 6.07) is 0. The second-order valence-corrected chi connectivity index (χ2v) is 13.7. The van der Waals surface area contributed by atoms with Gasteiger partial charge in [0.15, 0.2) is 0 Å². The van der Waals surface area contributed by atoms with E-state index in [2.05, 4.69) is 33.9 Å². The van der Waals surface area contributed by atoms with Gasteiger partial charge in [0.05, 0.1) is 34.4 Å². The molecule has 0 heterocycles. The fourth-order valence-corrected chi connectivity index (χ4v) is 4.49. The highest BCUT2D eigenvalue weighted by Gasteiger charge is 2.13. The van der Waals surface area contributed by atoms with Gasteiger partial charge in [-0.05, 0) is 20.3 Å². The second-order valence-electron chi connectivity index (χ2n) is 12.3. The smallest absolute Gasteiger partial charge is 0.333 e. The summed E-state index contributed by atoms with van der Waals surface area (Å²) in [5, 5.41) is 0. The molecule has 1 atom stereocenters. The fourth-order valence-electron chi connectivity index (χ4n) is 3.81. The zero-order valence-electron chi connectivity index (χ0n) is 28.4. The Bertz CT molecular complexity index is 794. The summed E-state index contributed by atoms with van der Waals surface area (Å²) >= 11 is 0. The molecule has 1 unspecified atom stereocenters. The minimum absolute atomic E-state index is 0.0375. The minimum atomic E-state index is -4.34. The van der Waals surface area contributed by atoms with Gasteiger partial charge in [-0.15, -0.1) is 0 Å². The van der Waals surface area contributed by atoms with E-state index in [9.17, 15) is 19.0 Å². The molecule has 9 nitrogen and oxygen atoms in total. The molecule has 0 amide bonds. The van der Waals surface area contributed by atoms with Crippen LogP contribution < -0.4 is 4.89 Å². The van der Waals surface area contributed by atoms with Gasteiger partial charge in [0.1, 0.15) is 19.8 Å². The van der Waals surface area contributed by atoms with Crippen LogP contribution in [-0.4, -0.2) is 70.5 Å². The average Bonchev–Trinajstić information content (AvgIpc) is 2.92. The highest BCUT2D eigenvalue weighted by molar-refractivity contribution is 7.45. The largest absolute Gasteiger partial charge is 0.756 e. The van der Waals surface area contributed by atoms with Gasteiger partial charge in [0, 0.05) is 11.1 Å². The Morgan fingerprint density at radius 2 is 0.953 bits per heavy atom. The van der Waals surface area contributed by atoms with Crippen molar-refractivity contribution < 1.29 is 42.1 Å². The SMILES string of the molecule is C=C(C)C(=O)OCCCCCCCCCCCCCCCCCC.C=C(C)C(=O)OCCOP(=O)([O-])OCC[N+](C)(C)C. The molecular weight excluding hydrogens is 569 g/mol. The van der Waals surface area contributed by atoms with Crippen molar-refractivity contribution in [3.05, 3.63) is 24.3 Å². The Balaban J connectivity index is 0. The molecule has 254 valence electrons. The number of quaternary nitrogens is 1. The maximum absolute atomic E-state index is 11.3. The molecule has 0 aromatic rings. The van der Waals surface area contributed by atoms with E-state index in [0.717, 1.165) is 6.42 Å². The van der Waals surface area contributed by atoms with Crippen LogP contribution in [0.15, 0.2) is 24.3 Å². The number of likely N-dealkylation sites (N-methyl/N-ethyl adjacent to an activating group) is 1. The number of esters is 2. The first-order chi connectivity index (χ1) is 20.2. The highest BCUT2D eigenvalue weighted by Crippen LogP contribution is 2.37. The van der Waals surface area contributed by atoms with Crippen molar-refractivity contribution >= 4 is 19.8 Å². The molecule has 0 aliphatic carbocycles. The molecule has 10 heteroatoms. The molecule has 0 spiro atoms. The molecule has 43 heavy (non-hydrogen) atoms. The lowest BCUT2D eigenvalue weighted by Gasteiger charge is -2.27. The van der Waals surface area contributed by atoms with Crippen LogP contribution in [0.3, 0.4) is 0 Å². The van der Waals surface area contributed by atoms with E-state index >= 15 is 0 Å². The van der Waals surface area contributed by atoms with E-state index in [4.69, 9.17) is 4.74 Å². The summed E-state index contributed by atoms with van der Waals surface area (Å²) in [6.07, 6.45) is 21.7. The zero-order valence-corrected chi connectivity index (χ0v) is 29.3. The van der Waals surface area contributed by atoms with Gasteiger partial charge < -0.3 is 27.9 Å². The maximum atomic E-state index is 11.3. The van der Waals surface area contributed by atoms with Crippen molar-refractivity contribution in [3.63, 3.8) is 0 Å². The summed E-state index contributed by atoms with van der Waals surface area (Å²) in [4.78, 5) is 33.5. The van der Waals surface area contributed by atoms with E-state index in [0.29, 0.717) is 23.2 Å². The third-order valence-corrected chi connectivity index (χ3v) is 7.50. The van der Waals surface area contributed by atoms with Crippen LogP contribution >= 0.6 is 7.82 Å². The van der Waals surface area contributed by atoms with Gasteiger partial charge in [-0.1, -0.05) is 116 Å². The molecule has 0 saturated carbocycles. The van der Waals surface area contributed by atoms with Crippen LogP contribution in [0.2, 0.25) is 0 Å². The van der Waals surface area contributed by atoms with Crippen LogP contribution in [0, 0.1) is 0 Å². The van der Waals surface area contributed by atoms with E-state index in [-0.39, 0.29) is 31.4 Å². The number of ether oxygens (including phenoxy) is 2. The topological polar surface area (TPSA) is 111 Å². The molecule has 0 aromatic carbocycles.